The maximum Gasteiger partial charge on any atom is 0.326 e. The maximum absolute atomic E-state index is 12.6. The van der Waals surface area contributed by atoms with Crippen molar-refractivity contribution < 1.29 is 39.6 Å². The van der Waals surface area contributed by atoms with E-state index in [2.05, 4.69) is 16.0 Å². The summed E-state index contributed by atoms with van der Waals surface area (Å²) in [5.41, 5.74) is 11.9. The lowest BCUT2D eigenvalue weighted by atomic mass is 10.1. The van der Waals surface area contributed by atoms with Crippen LogP contribution in [-0.2, 0) is 25.6 Å². The van der Waals surface area contributed by atoms with Gasteiger partial charge in [0.1, 0.15) is 23.9 Å². The minimum Gasteiger partial charge on any atom is -0.508 e. The third-order valence-electron chi connectivity index (χ3n) is 5.17. The third-order valence-corrected chi connectivity index (χ3v) is 5.17. The Balaban J connectivity index is 2.77. The van der Waals surface area contributed by atoms with Gasteiger partial charge in [-0.3, -0.25) is 14.4 Å². The number of phenolic OH excluding ortho intramolecular Hbond substituents is 1. The largest absolute Gasteiger partial charge is 0.508 e. The van der Waals surface area contributed by atoms with Crippen molar-refractivity contribution in [3.05, 3.63) is 29.8 Å². The van der Waals surface area contributed by atoms with Crippen LogP contribution in [0.4, 0.5) is 0 Å². The Morgan fingerprint density at radius 1 is 0.943 bits per heavy atom. The van der Waals surface area contributed by atoms with Crippen molar-refractivity contribution in [2.45, 2.75) is 62.9 Å². The lowest BCUT2D eigenvalue weighted by Crippen LogP contribution is -2.60. The van der Waals surface area contributed by atoms with Crippen LogP contribution < -0.4 is 27.4 Å². The number of nitrogens with two attached hydrogens (primary N) is 2. The second-order valence-electron chi connectivity index (χ2n) is 8.13. The van der Waals surface area contributed by atoms with Crippen LogP contribution in [-0.4, -0.2) is 87.5 Å². The molecule has 0 saturated carbocycles. The van der Waals surface area contributed by atoms with Gasteiger partial charge in [0.15, 0.2) is 0 Å². The van der Waals surface area contributed by atoms with Crippen molar-refractivity contribution in [3.63, 3.8) is 0 Å². The molecule has 196 valence electrons. The first-order valence-electron chi connectivity index (χ1n) is 11.2. The normalized spacial score (nSPS) is 15.2. The Morgan fingerprint density at radius 3 is 2.06 bits per heavy atom. The molecule has 0 aliphatic carbocycles. The van der Waals surface area contributed by atoms with Crippen LogP contribution in [0.2, 0.25) is 0 Å². The number of rotatable bonds is 15. The van der Waals surface area contributed by atoms with Gasteiger partial charge in [0.2, 0.25) is 17.7 Å². The topological polar surface area (TPSA) is 237 Å². The van der Waals surface area contributed by atoms with E-state index in [1.807, 2.05) is 0 Å². The van der Waals surface area contributed by atoms with E-state index < -0.39 is 60.6 Å². The van der Waals surface area contributed by atoms with Crippen LogP contribution in [0.1, 0.15) is 31.7 Å². The summed E-state index contributed by atoms with van der Waals surface area (Å²) in [5, 5.41) is 45.0. The van der Waals surface area contributed by atoms with Gasteiger partial charge in [-0.05, 0) is 56.8 Å². The number of carbonyl (C=O) groups excluding carboxylic acids is 3. The highest BCUT2D eigenvalue weighted by molar-refractivity contribution is 5.94. The minimum absolute atomic E-state index is 0.0470. The first-order valence-corrected chi connectivity index (χ1v) is 11.2. The van der Waals surface area contributed by atoms with E-state index in [1.54, 1.807) is 12.1 Å². The van der Waals surface area contributed by atoms with Crippen molar-refractivity contribution in [2.24, 2.45) is 11.5 Å². The van der Waals surface area contributed by atoms with Crippen LogP contribution >= 0.6 is 0 Å². The molecule has 0 heterocycles. The van der Waals surface area contributed by atoms with E-state index in [0.717, 1.165) is 0 Å². The van der Waals surface area contributed by atoms with Gasteiger partial charge in [0.05, 0.1) is 18.8 Å². The van der Waals surface area contributed by atoms with Gasteiger partial charge in [0.25, 0.3) is 0 Å². The molecule has 0 aliphatic rings. The molecule has 1 aromatic rings. The fourth-order valence-electron chi connectivity index (χ4n) is 3.12. The number of phenols is 1. The van der Waals surface area contributed by atoms with E-state index in [9.17, 15) is 39.6 Å². The monoisotopic (exact) mass is 497 g/mol. The lowest BCUT2D eigenvalue weighted by molar-refractivity contribution is -0.143. The van der Waals surface area contributed by atoms with Crippen LogP contribution in [0.5, 0.6) is 5.75 Å². The number of aliphatic hydroxyl groups excluding tert-OH is 2. The number of nitrogens with one attached hydrogen (secondary N) is 3. The molecule has 0 fully saturated rings. The molecule has 0 spiro atoms. The number of benzene rings is 1. The fraction of sp³-hybridized carbons (Fsp3) is 0.545. The van der Waals surface area contributed by atoms with Crippen LogP contribution in [0.3, 0.4) is 0 Å². The number of carboxylic acid groups (broad SMARTS) is 1. The molecule has 13 heteroatoms. The molecule has 1 aromatic carbocycles. The van der Waals surface area contributed by atoms with Gasteiger partial charge >= 0.3 is 5.97 Å². The van der Waals surface area contributed by atoms with Gasteiger partial charge in [-0.15, -0.1) is 0 Å². The summed E-state index contributed by atoms with van der Waals surface area (Å²) in [4.78, 5) is 49.0. The van der Waals surface area contributed by atoms with Crippen molar-refractivity contribution in [1.82, 2.24) is 16.0 Å². The first kappa shape index (κ1) is 29.8. The Hall–Kier alpha value is -3.26. The molecular weight excluding hydrogens is 462 g/mol. The van der Waals surface area contributed by atoms with E-state index in [0.29, 0.717) is 24.9 Å². The van der Waals surface area contributed by atoms with Gasteiger partial charge in [-0.25, -0.2) is 4.79 Å². The summed E-state index contributed by atoms with van der Waals surface area (Å²) in [6.45, 7) is 0.753. The summed E-state index contributed by atoms with van der Waals surface area (Å²) in [5.74, 6) is -3.91. The molecule has 0 bridgehead atoms. The molecular formula is C22H35N5O8. The van der Waals surface area contributed by atoms with Crippen LogP contribution in [0.25, 0.3) is 0 Å². The Bertz CT molecular complexity index is 849. The van der Waals surface area contributed by atoms with Crippen molar-refractivity contribution in [3.8, 4) is 5.75 Å². The van der Waals surface area contributed by atoms with Gasteiger partial charge < -0.3 is 47.8 Å². The van der Waals surface area contributed by atoms with Gasteiger partial charge in [0, 0.05) is 0 Å². The van der Waals surface area contributed by atoms with Gasteiger partial charge in [-0.2, -0.15) is 0 Å². The number of carbonyl (C=O) groups is 4. The zero-order valence-corrected chi connectivity index (χ0v) is 19.5. The lowest BCUT2D eigenvalue weighted by Gasteiger charge is -2.26. The van der Waals surface area contributed by atoms with Crippen molar-refractivity contribution in [1.29, 1.82) is 0 Å². The summed E-state index contributed by atoms with van der Waals surface area (Å²) < 4.78 is 0. The third kappa shape index (κ3) is 10.3. The quantitative estimate of drug-likeness (QED) is 0.114. The predicted octanol–water partition coefficient (Wildman–Crippen LogP) is -2.70. The Morgan fingerprint density at radius 2 is 1.54 bits per heavy atom. The Labute approximate surface area is 202 Å². The molecule has 5 atom stereocenters. The van der Waals surface area contributed by atoms with Gasteiger partial charge in [-0.1, -0.05) is 12.1 Å². The highest BCUT2D eigenvalue weighted by atomic mass is 16.4. The average molecular weight is 498 g/mol. The molecule has 13 nitrogen and oxygen atoms in total. The summed E-state index contributed by atoms with van der Waals surface area (Å²) in [7, 11) is 0. The highest BCUT2D eigenvalue weighted by Crippen LogP contribution is 2.11. The fourth-order valence-corrected chi connectivity index (χ4v) is 3.12. The number of aromatic hydroxyl groups is 1. The minimum atomic E-state index is -1.55. The maximum atomic E-state index is 12.6. The standard InChI is InChI=1S/C22H35N5O8/c1-12(29)18(21(33)25-16(22(34)35)4-2-3-9-23)27-20(32)17(11-28)26-19(31)15(24)10-13-5-7-14(30)8-6-13/h5-8,12,15-18,28-30H,2-4,9-11,23-24H2,1H3,(H,25,33)(H,26,31)(H,27,32)(H,34,35). The number of aliphatic carboxylic acids is 1. The van der Waals surface area contributed by atoms with E-state index in [4.69, 9.17) is 11.5 Å². The first-order chi connectivity index (χ1) is 16.5. The molecule has 35 heavy (non-hydrogen) atoms. The second kappa shape index (κ2) is 14.9. The van der Waals surface area contributed by atoms with Crippen LogP contribution in [0, 0.1) is 0 Å². The van der Waals surface area contributed by atoms with E-state index in [-0.39, 0.29) is 18.6 Å². The highest BCUT2D eigenvalue weighted by Gasteiger charge is 2.32. The molecule has 0 aliphatic heterocycles. The zero-order chi connectivity index (χ0) is 26.5. The Kier molecular flexibility index (Phi) is 12.7. The number of hydrogen-bond donors (Lipinski definition) is 9. The SMILES string of the molecule is CC(O)C(NC(=O)C(CO)NC(=O)C(N)Cc1ccc(O)cc1)C(=O)NC(CCCCN)C(=O)O. The smallest absolute Gasteiger partial charge is 0.326 e. The number of aliphatic hydroxyl groups is 2. The van der Waals surface area contributed by atoms with Crippen molar-refractivity contribution in [2.75, 3.05) is 13.2 Å². The van der Waals surface area contributed by atoms with E-state index >= 15 is 0 Å². The molecule has 11 N–H and O–H groups in total. The number of unbranched alkanes of at least 4 members (excludes halogenated alkanes) is 1. The second-order valence-corrected chi connectivity index (χ2v) is 8.13. The zero-order valence-electron chi connectivity index (χ0n) is 19.5. The van der Waals surface area contributed by atoms with E-state index in [1.165, 1.54) is 19.1 Å². The summed E-state index contributed by atoms with van der Waals surface area (Å²) in [6.07, 6.45) is -0.215. The van der Waals surface area contributed by atoms with Crippen molar-refractivity contribution >= 4 is 23.7 Å². The number of amides is 3. The van der Waals surface area contributed by atoms with Crippen LogP contribution in [0.15, 0.2) is 24.3 Å². The summed E-state index contributed by atoms with van der Waals surface area (Å²) in [6, 6.07) is 0.644. The molecule has 3 amide bonds. The molecule has 1 rings (SSSR count). The molecule has 5 unspecified atom stereocenters. The molecule has 0 saturated heterocycles. The average Bonchev–Trinajstić information content (AvgIpc) is 2.80. The molecule has 0 radical (unpaired) electrons. The number of hydrogen-bond acceptors (Lipinski definition) is 9. The number of carboxylic acids is 1. The summed E-state index contributed by atoms with van der Waals surface area (Å²) >= 11 is 0. The molecule has 0 aromatic heterocycles. The predicted molar refractivity (Wildman–Crippen MR) is 125 cm³/mol.